The summed E-state index contributed by atoms with van der Waals surface area (Å²) < 4.78 is 0.815. The van der Waals surface area contributed by atoms with E-state index in [-0.39, 0.29) is 30.8 Å². The first kappa shape index (κ1) is 16.8. The molecular formula is C13H17BrClN3O2. The lowest BCUT2D eigenvalue weighted by atomic mass is 10.1. The first-order valence-corrected chi connectivity index (χ1v) is 6.98. The zero-order valence-corrected chi connectivity index (χ0v) is 13.3. The molecule has 5 nitrogen and oxygen atoms in total. The second kappa shape index (κ2) is 7.50. The van der Waals surface area contributed by atoms with Gasteiger partial charge >= 0.3 is 0 Å². The average molecular weight is 363 g/mol. The first-order valence-electron chi connectivity index (χ1n) is 6.19. The number of nitrogens with two attached hydrogens (primary N) is 1. The molecule has 0 unspecified atom stereocenters. The molecule has 0 aromatic heterocycles. The van der Waals surface area contributed by atoms with Crippen molar-refractivity contribution in [1.29, 1.82) is 0 Å². The standard InChI is InChI=1S/C13H16BrN3O2.ClH/c14-9-3-4-10(11(15)7-9)13(19)16-8-12(18)17-5-1-2-6-17;/h3-4,7H,1-2,5-6,8,15H2,(H,16,19);1H. The number of hydrogen-bond donors (Lipinski definition) is 2. The number of nitrogen functional groups attached to an aromatic ring is 1. The molecule has 0 spiro atoms. The first-order chi connectivity index (χ1) is 9.08. The molecule has 1 aromatic carbocycles. The fourth-order valence-electron chi connectivity index (χ4n) is 2.07. The van der Waals surface area contributed by atoms with Crippen molar-refractivity contribution in [2.45, 2.75) is 12.8 Å². The molecular weight excluding hydrogens is 346 g/mol. The van der Waals surface area contributed by atoms with Gasteiger partial charge in [0.15, 0.2) is 0 Å². The van der Waals surface area contributed by atoms with Crippen molar-refractivity contribution in [2.24, 2.45) is 0 Å². The van der Waals surface area contributed by atoms with Crippen LogP contribution in [0.2, 0.25) is 0 Å². The minimum absolute atomic E-state index is 0. The van der Waals surface area contributed by atoms with Gasteiger partial charge in [-0.25, -0.2) is 0 Å². The van der Waals surface area contributed by atoms with Crippen molar-refractivity contribution in [3.63, 3.8) is 0 Å². The molecule has 1 saturated heterocycles. The Hall–Kier alpha value is -1.27. The number of anilines is 1. The quantitative estimate of drug-likeness (QED) is 0.805. The number of carbonyl (C=O) groups is 2. The Morgan fingerprint density at radius 2 is 1.95 bits per heavy atom. The summed E-state index contributed by atoms with van der Waals surface area (Å²) in [5.41, 5.74) is 6.54. The van der Waals surface area contributed by atoms with Crippen molar-refractivity contribution in [2.75, 3.05) is 25.4 Å². The number of carbonyl (C=O) groups excluding carboxylic acids is 2. The van der Waals surface area contributed by atoms with Crippen LogP contribution in [0.1, 0.15) is 23.2 Å². The molecule has 0 radical (unpaired) electrons. The minimum atomic E-state index is -0.322. The summed E-state index contributed by atoms with van der Waals surface area (Å²) in [7, 11) is 0. The zero-order chi connectivity index (χ0) is 13.8. The number of benzene rings is 1. The Morgan fingerprint density at radius 3 is 2.55 bits per heavy atom. The minimum Gasteiger partial charge on any atom is -0.398 e. The van der Waals surface area contributed by atoms with Gasteiger partial charge in [0, 0.05) is 23.2 Å². The largest absolute Gasteiger partial charge is 0.398 e. The van der Waals surface area contributed by atoms with Crippen LogP contribution < -0.4 is 11.1 Å². The van der Waals surface area contributed by atoms with Crippen LogP contribution in [0.5, 0.6) is 0 Å². The highest BCUT2D eigenvalue weighted by atomic mass is 79.9. The maximum absolute atomic E-state index is 11.9. The van der Waals surface area contributed by atoms with E-state index < -0.39 is 0 Å². The lowest BCUT2D eigenvalue weighted by Crippen LogP contribution is -2.38. The summed E-state index contributed by atoms with van der Waals surface area (Å²) in [5.74, 6) is -0.362. The lowest BCUT2D eigenvalue weighted by molar-refractivity contribution is -0.129. The van der Waals surface area contributed by atoms with E-state index in [2.05, 4.69) is 21.2 Å². The van der Waals surface area contributed by atoms with Crippen LogP contribution in [-0.4, -0.2) is 36.3 Å². The van der Waals surface area contributed by atoms with E-state index in [0.29, 0.717) is 11.3 Å². The molecule has 1 aliphatic heterocycles. The molecule has 7 heteroatoms. The number of amides is 2. The molecule has 110 valence electrons. The molecule has 1 fully saturated rings. The third-order valence-corrected chi connectivity index (χ3v) is 3.61. The molecule has 1 heterocycles. The van der Waals surface area contributed by atoms with Gasteiger partial charge in [-0.05, 0) is 31.0 Å². The SMILES string of the molecule is Cl.Nc1cc(Br)ccc1C(=O)NCC(=O)N1CCCC1. The maximum Gasteiger partial charge on any atom is 0.253 e. The highest BCUT2D eigenvalue weighted by molar-refractivity contribution is 9.10. The van der Waals surface area contributed by atoms with Crippen molar-refractivity contribution < 1.29 is 9.59 Å². The molecule has 2 rings (SSSR count). The molecule has 0 atom stereocenters. The topological polar surface area (TPSA) is 75.4 Å². The van der Waals surface area contributed by atoms with Gasteiger partial charge in [0.1, 0.15) is 0 Å². The molecule has 1 aliphatic rings. The zero-order valence-electron chi connectivity index (χ0n) is 10.9. The molecule has 1 aromatic rings. The van der Waals surface area contributed by atoms with E-state index in [0.717, 1.165) is 30.4 Å². The maximum atomic E-state index is 11.9. The Bertz CT molecular complexity index is 504. The fraction of sp³-hybridized carbons (Fsp3) is 0.385. The number of rotatable bonds is 3. The van der Waals surface area contributed by atoms with Crippen LogP contribution in [0.4, 0.5) is 5.69 Å². The Morgan fingerprint density at radius 1 is 1.30 bits per heavy atom. The van der Waals surface area contributed by atoms with E-state index in [9.17, 15) is 9.59 Å². The van der Waals surface area contributed by atoms with Crippen molar-refractivity contribution in [3.05, 3.63) is 28.2 Å². The summed E-state index contributed by atoms with van der Waals surface area (Å²) in [6.07, 6.45) is 2.08. The summed E-state index contributed by atoms with van der Waals surface area (Å²) in [6, 6.07) is 5.04. The van der Waals surface area contributed by atoms with Crippen molar-refractivity contribution in [1.82, 2.24) is 10.2 Å². The molecule has 20 heavy (non-hydrogen) atoms. The van der Waals surface area contributed by atoms with E-state index in [4.69, 9.17) is 5.73 Å². The number of nitrogens with zero attached hydrogens (tertiary/aromatic N) is 1. The third-order valence-electron chi connectivity index (χ3n) is 3.12. The normalized spacial score (nSPS) is 13.8. The van der Waals surface area contributed by atoms with Crippen molar-refractivity contribution >= 4 is 45.8 Å². The van der Waals surface area contributed by atoms with Gasteiger partial charge in [0.05, 0.1) is 12.1 Å². The highest BCUT2D eigenvalue weighted by Crippen LogP contribution is 2.18. The third kappa shape index (κ3) is 4.11. The van der Waals surface area contributed by atoms with E-state index in [1.165, 1.54) is 0 Å². The summed E-state index contributed by atoms with van der Waals surface area (Å²) in [5, 5.41) is 2.61. The van der Waals surface area contributed by atoms with Crippen molar-refractivity contribution in [3.8, 4) is 0 Å². The molecule has 0 aliphatic carbocycles. The fourth-order valence-corrected chi connectivity index (χ4v) is 2.45. The number of likely N-dealkylation sites (tertiary alicyclic amines) is 1. The van der Waals surface area contributed by atoms with Gasteiger partial charge in [-0.2, -0.15) is 0 Å². The second-order valence-corrected chi connectivity index (χ2v) is 5.42. The van der Waals surface area contributed by atoms with Gasteiger partial charge in [0.25, 0.3) is 5.91 Å². The summed E-state index contributed by atoms with van der Waals surface area (Å²) in [4.78, 5) is 25.5. The van der Waals surface area contributed by atoms with Gasteiger partial charge in [0.2, 0.25) is 5.91 Å². The van der Waals surface area contributed by atoms with Crippen LogP contribution in [0, 0.1) is 0 Å². The Labute approximate surface area is 132 Å². The van der Waals surface area contributed by atoms with E-state index >= 15 is 0 Å². The highest BCUT2D eigenvalue weighted by Gasteiger charge is 2.18. The lowest BCUT2D eigenvalue weighted by Gasteiger charge is -2.15. The monoisotopic (exact) mass is 361 g/mol. The smallest absolute Gasteiger partial charge is 0.253 e. The molecule has 2 amide bonds. The van der Waals surface area contributed by atoms with Crippen LogP contribution >= 0.6 is 28.3 Å². The Balaban J connectivity index is 0.00000200. The number of halogens is 2. The Kier molecular flexibility index (Phi) is 6.29. The molecule has 0 bridgehead atoms. The predicted octanol–water partition coefficient (Wildman–Crippen LogP) is 1.81. The number of nitrogens with one attached hydrogen (secondary N) is 1. The van der Waals surface area contributed by atoms with Crippen LogP contribution in [-0.2, 0) is 4.79 Å². The van der Waals surface area contributed by atoms with Crippen LogP contribution in [0.25, 0.3) is 0 Å². The van der Waals surface area contributed by atoms with Crippen LogP contribution in [0.15, 0.2) is 22.7 Å². The molecule has 3 N–H and O–H groups in total. The van der Waals surface area contributed by atoms with Gasteiger partial charge in [-0.3, -0.25) is 9.59 Å². The average Bonchev–Trinajstić information content (AvgIpc) is 2.89. The summed E-state index contributed by atoms with van der Waals surface area (Å²) >= 11 is 3.28. The van der Waals surface area contributed by atoms with Gasteiger partial charge < -0.3 is 16.0 Å². The predicted molar refractivity (Wildman–Crippen MR) is 83.9 cm³/mol. The molecule has 0 saturated carbocycles. The van der Waals surface area contributed by atoms with E-state index in [1.54, 1.807) is 23.1 Å². The van der Waals surface area contributed by atoms with Crippen LogP contribution in [0.3, 0.4) is 0 Å². The van der Waals surface area contributed by atoms with E-state index in [1.807, 2.05) is 0 Å². The van der Waals surface area contributed by atoms with Gasteiger partial charge in [-0.1, -0.05) is 15.9 Å². The van der Waals surface area contributed by atoms with Gasteiger partial charge in [-0.15, -0.1) is 12.4 Å². The number of hydrogen-bond acceptors (Lipinski definition) is 3. The second-order valence-electron chi connectivity index (χ2n) is 4.50. The summed E-state index contributed by atoms with van der Waals surface area (Å²) in [6.45, 7) is 1.60.